The molecule has 0 aromatic carbocycles. The van der Waals surface area contributed by atoms with Gasteiger partial charge in [0.25, 0.3) is 0 Å². The first-order valence-corrected chi connectivity index (χ1v) is 5.00. The first-order chi connectivity index (χ1) is 5.70. The van der Waals surface area contributed by atoms with E-state index in [1.165, 1.54) is 25.8 Å². The molecule has 1 nitrogen and oxygen atoms in total. The third-order valence-corrected chi connectivity index (χ3v) is 2.07. The van der Waals surface area contributed by atoms with Crippen LogP contribution >= 0.6 is 0 Å². The minimum absolute atomic E-state index is 0.836. The molecule has 0 heterocycles. The minimum atomic E-state index is 0.836. The fraction of sp³-hybridized carbons (Fsp3) is 0.818. The van der Waals surface area contributed by atoms with E-state index in [0.29, 0.717) is 0 Å². The van der Waals surface area contributed by atoms with Gasteiger partial charge in [0.1, 0.15) is 0 Å². The molecule has 0 aliphatic heterocycles. The van der Waals surface area contributed by atoms with Crippen LogP contribution in [-0.4, -0.2) is 25.5 Å². The molecule has 0 aliphatic rings. The van der Waals surface area contributed by atoms with Crippen molar-refractivity contribution in [2.24, 2.45) is 5.92 Å². The molecule has 0 aliphatic carbocycles. The summed E-state index contributed by atoms with van der Waals surface area (Å²) in [5.74, 6) is 0.836. The van der Waals surface area contributed by atoms with Crippen LogP contribution in [0, 0.1) is 5.92 Å². The van der Waals surface area contributed by atoms with E-state index in [-0.39, 0.29) is 0 Å². The molecule has 0 aromatic heterocycles. The van der Waals surface area contributed by atoms with Gasteiger partial charge in [0.2, 0.25) is 0 Å². The normalized spacial score (nSPS) is 14.4. The maximum absolute atomic E-state index is 2.32. The number of rotatable bonds is 6. The summed E-state index contributed by atoms with van der Waals surface area (Å²) in [6, 6.07) is 0. The highest BCUT2D eigenvalue weighted by Crippen LogP contribution is 2.09. The lowest BCUT2D eigenvalue weighted by Crippen LogP contribution is -2.20. The first kappa shape index (κ1) is 11.7. The van der Waals surface area contributed by atoms with E-state index in [4.69, 9.17) is 0 Å². The van der Waals surface area contributed by atoms with Crippen molar-refractivity contribution >= 4 is 0 Å². The molecule has 1 heteroatoms. The lowest BCUT2D eigenvalue weighted by molar-refractivity contribution is 0.319. The van der Waals surface area contributed by atoms with Crippen molar-refractivity contribution in [2.45, 2.75) is 33.1 Å². The molecule has 0 radical (unpaired) electrons. The molecule has 72 valence electrons. The highest BCUT2D eigenvalue weighted by Gasteiger charge is 2.04. The fourth-order valence-corrected chi connectivity index (χ4v) is 1.34. The molecule has 0 amide bonds. The van der Waals surface area contributed by atoms with E-state index in [0.717, 1.165) is 5.92 Å². The van der Waals surface area contributed by atoms with Gasteiger partial charge in [-0.25, -0.2) is 0 Å². The van der Waals surface area contributed by atoms with Crippen LogP contribution in [0.25, 0.3) is 0 Å². The van der Waals surface area contributed by atoms with Crippen LogP contribution in [0.15, 0.2) is 12.2 Å². The third kappa shape index (κ3) is 6.41. The van der Waals surface area contributed by atoms with Crippen LogP contribution < -0.4 is 0 Å². The van der Waals surface area contributed by atoms with Gasteiger partial charge in [-0.3, -0.25) is 0 Å². The molecule has 0 bridgehead atoms. The second-order valence-electron chi connectivity index (χ2n) is 3.65. The highest BCUT2D eigenvalue weighted by atomic mass is 15.1. The Bertz CT molecular complexity index is 116. The lowest BCUT2D eigenvalue weighted by atomic mass is 10.0. The summed E-state index contributed by atoms with van der Waals surface area (Å²) >= 11 is 0. The molecule has 12 heavy (non-hydrogen) atoms. The van der Waals surface area contributed by atoms with Crippen molar-refractivity contribution in [1.82, 2.24) is 4.90 Å². The molecule has 1 unspecified atom stereocenters. The molecule has 0 aromatic rings. The quantitative estimate of drug-likeness (QED) is 0.553. The molecule has 0 rings (SSSR count). The van der Waals surface area contributed by atoms with Crippen LogP contribution in [0.4, 0.5) is 0 Å². The van der Waals surface area contributed by atoms with E-state index in [2.05, 4.69) is 45.0 Å². The third-order valence-electron chi connectivity index (χ3n) is 2.07. The van der Waals surface area contributed by atoms with Crippen molar-refractivity contribution in [3.63, 3.8) is 0 Å². The van der Waals surface area contributed by atoms with Gasteiger partial charge in [0.15, 0.2) is 0 Å². The highest BCUT2D eigenvalue weighted by molar-refractivity contribution is 4.83. The summed E-state index contributed by atoms with van der Waals surface area (Å²) in [4.78, 5) is 2.27. The minimum Gasteiger partial charge on any atom is -0.309 e. The number of hydrogen-bond donors (Lipinski definition) is 0. The van der Waals surface area contributed by atoms with Crippen molar-refractivity contribution < 1.29 is 0 Å². The SMILES string of the molecule is CC/C=C/CC(CC)CN(C)C. The van der Waals surface area contributed by atoms with Crippen LogP contribution in [-0.2, 0) is 0 Å². The monoisotopic (exact) mass is 169 g/mol. The molecular formula is C11H23N. The fourth-order valence-electron chi connectivity index (χ4n) is 1.34. The number of hydrogen-bond acceptors (Lipinski definition) is 1. The summed E-state index contributed by atoms with van der Waals surface area (Å²) in [5, 5.41) is 0. The summed E-state index contributed by atoms with van der Waals surface area (Å²) in [5.41, 5.74) is 0. The number of nitrogens with zero attached hydrogens (tertiary/aromatic N) is 1. The Hall–Kier alpha value is -0.300. The Morgan fingerprint density at radius 1 is 1.17 bits per heavy atom. The van der Waals surface area contributed by atoms with Crippen molar-refractivity contribution in [2.75, 3.05) is 20.6 Å². The van der Waals surface area contributed by atoms with Crippen molar-refractivity contribution in [3.8, 4) is 0 Å². The standard InChI is InChI=1S/C11H23N/c1-5-7-8-9-11(6-2)10-12(3)4/h7-8,11H,5-6,9-10H2,1-4H3/b8-7+. The maximum atomic E-state index is 2.32. The van der Waals surface area contributed by atoms with Crippen LogP contribution in [0.1, 0.15) is 33.1 Å². The summed E-state index contributed by atoms with van der Waals surface area (Å²) in [6.45, 7) is 5.67. The predicted octanol–water partition coefficient (Wildman–Crippen LogP) is 2.93. The molecular weight excluding hydrogens is 146 g/mol. The smallest absolute Gasteiger partial charge is 0.000642 e. The molecule has 0 spiro atoms. The zero-order valence-corrected chi connectivity index (χ0v) is 9.01. The second-order valence-corrected chi connectivity index (χ2v) is 3.65. The lowest BCUT2D eigenvalue weighted by Gasteiger charge is -2.17. The van der Waals surface area contributed by atoms with Gasteiger partial charge < -0.3 is 4.90 Å². The summed E-state index contributed by atoms with van der Waals surface area (Å²) < 4.78 is 0. The topological polar surface area (TPSA) is 3.24 Å². The average molecular weight is 169 g/mol. The molecule has 1 atom stereocenters. The van der Waals surface area contributed by atoms with Crippen LogP contribution in [0.5, 0.6) is 0 Å². The Balaban J connectivity index is 3.60. The van der Waals surface area contributed by atoms with Crippen molar-refractivity contribution in [3.05, 3.63) is 12.2 Å². The van der Waals surface area contributed by atoms with Gasteiger partial charge in [-0.2, -0.15) is 0 Å². The van der Waals surface area contributed by atoms with E-state index in [9.17, 15) is 0 Å². The predicted molar refractivity (Wildman–Crippen MR) is 56.4 cm³/mol. The Labute approximate surface area is 77.5 Å². The van der Waals surface area contributed by atoms with Crippen molar-refractivity contribution in [1.29, 1.82) is 0 Å². The largest absolute Gasteiger partial charge is 0.309 e. The van der Waals surface area contributed by atoms with Gasteiger partial charge in [-0.15, -0.1) is 0 Å². The van der Waals surface area contributed by atoms with Gasteiger partial charge in [-0.1, -0.05) is 32.4 Å². The van der Waals surface area contributed by atoms with Gasteiger partial charge in [0, 0.05) is 6.54 Å². The molecule has 0 saturated heterocycles. The van der Waals surface area contributed by atoms with Crippen LogP contribution in [0.2, 0.25) is 0 Å². The first-order valence-electron chi connectivity index (χ1n) is 5.00. The molecule has 0 fully saturated rings. The van der Waals surface area contributed by atoms with E-state index < -0.39 is 0 Å². The van der Waals surface area contributed by atoms with Crippen LogP contribution in [0.3, 0.4) is 0 Å². The van der Waals surface area contributed by atoms with E-state index in [1.54, 1.807) is 0 Å². The van der Waals surface area contributed by atoms with Gasteiger partial charge in [0.05, 0.1) is 0 Å². The van der Waals surface area contributed by atoms with E-state index in [1.807, 2.05) is 0 Å². The average Bonchev–Trinajstić information content (AvgIpc) is 2.02. The zero-order chi connectivity index (χ0) is 9.40. The summed E-state index contributed by atoms with van der Waals surface area (Å²) in [6.07, 6.45) is 8.27. The number of allylic oxidation sites excluding steroid dienone is 2. The zero-order valence-electron chi connectivity index (χ0n) is 9.01. The maximum Gasteiger partial charge on any atom is 0.000642 e. The Morgan fingerprint density at radius 2 is 1.83 bits per heavy atom. The second kappa shape index (κ2) is 7.35. The van der Waals surface area contributed by atoms with Gasteiger partial charge >= 0.3 is 0 Å². The molecule has 0 saturated carbocycles. The Morgan fingerprint density at radius 3 is 2.25 bits per heavy atom. The van der Waals surface area contributed by atoms with Gasteiger partial charge in [-0.05, 0) is 32.9 Å². The van der Waals surface area contributed by atoms with E-state index >= 15 is 0 Å². The summed E-state index contributed by atoms with van der Waals surface area (Å²) in [7, 11) is 4.29. The molecule has 0 N–H and O–H groups in total. The Kier molecular flexibility index (Phi) is 7.17.